The van der Waals surface area contributed by atoms with E-state index in [1.807, 2.05) is 6.92 Å². The van der Waals surface area contributed by atoms with Crippen LogP contribution in [0.15, 0.2) is 22.7 Å². The second-order valence-electron chi connectivity index (χ2n) is 4.41. The van der Waals surface area contributed by atoms with Crippen molar-refractivity contribution in [3.63, 3.8) is 0 Å². The summed E-state index contributed by atoms with van der Waals surface area (Å²) in [5, 5.41) is 7.77. The summed E-state index contributed by atoms with van der Waals surface area (Å²) in [6.07, 6.45) is -3.73. The van der Waals surface area contributed by atoms with Gasteiger partial charge in [-0.1, -0.05) is 22.9 Å². The first-order valence-corrected chi connectivity index (χ1v) is 7.56. The second kappa shape index (κ2) is 6.36. The molecule has 2 aromatic rings. The molecule has 0 bridgehead atoms. The Labute approximate surface area is 133 Å². The van der Waals surface area contributed by atoms with Crippen LogP contribution >= 0.6 is 27.5 Å². The van der Waals surface area contributed by atoms with Crippen molar-refractivity contribution >= 4 is 27.5 Å². The lowest BCUT2D eigenvalue weighted by Crippen LogP contribution is -2.10. The molecular formula is C13H12BrClF3N3. The standard InChI is InChI=1S/C13H12BrClF3N3/c1-2-5-21-11(7-15)19-20-12(21)9-4-3-8(14)6-10(9)13(16,17)18/h3-4,6H,2,5,7H2,1H3. The molecule has 3 nitrogen and oxygen atoms in total. The lowest BCUT2D eigenvalue weighted by Gasteiger charge is -2.14. The molecule has 0 saturated heterocycles. The summed E-state index contributed by atoms with van der Waals surface area (Å²) in [7, 11) is 0. The molecule has 0 N–H and O–H groups in total. The molecule has 0 saturated carbocycles. The third kappa shape index (κ3) is 3.40. The van der Waals surface area contributed by atoms with Crippen molar-refractivity contribution < 1.29 is 13.2 Å². The van der Waals surface area contributed by atoms with E-state index in [0.717, 1.165) is 12.5 Å². The van der Waals surface area contributed by atoms with E-state index in [4.69, 9.17) is 11.6 Å². The van der Waals surface area contributed by atoms with Crippen molar-refractivity contribution in [1.82, 2.24) is 14.8 Å². The number of hydrogen-bond donors (Lipinski definition) is 0. The van der Waals surface area contributed by atoms with Crippen LogP contribution in [0, 0.1) is 0 Å². The van der Waals surface area contributed by atoms with Gasteiger partial charge in [0.15, 0.2) is 5.82 Å². The van der Waals surface area contributed by atoms with Gasteiger partial charge in [0, 0.05) is 16.6 Å². The Morgan fingerprint density at radius 1 is 1.29 bits per heavy atom. The van der Waals surface area contributed by atoms with Crippen molar-refractivity contribution in [2.24, 2.45) is 0 Å². The maximum Gasteiger partial charge on any atom is 0.417 e. The molecule has 0 aliphatic rings. The van der Waals surface area contributed by atoms with E-state index in [-0.39, 0.29) is 17.3 Å². The van der Waals surface area contributed by atoms with Crippen LogP contribution in [0.25, 0.3) is 11.4 Å². The zero-order chi connectivity index (χ0) is 15.6. The fourth-order valence-electron chi connectivity index (χ4n) is 2.04. The first-order chi connectivity index (χ1) is 9.88. The Morgan fingerprint density at radius 3 is 2.57 bits per heavy atom. The topological polar surface area (TPSA) is 30.7 Å². The molecule has 1 aromatic carbocycles. The lowest BCUT2D eigenvalue weighted by atomic mass is 10.1. The summed E-state index contributed by atoms with van der Waals surface area (Å²) in [5.74, 6) is 0.752. The Kier molecular flexibility index (Phi) is 4.93. The number of aromatic nitrogens is 3. The minimum atomic E-state index is -4.47. The number of rotatable bonds is 4. The summed E-state index contributed by atoms with van der Waals surface area (Å²) in [6.45, 7) is 2.44. The zero-order valence-electron chi connectivity index (χ0n) is 11.1. The molecule has 2 rings (SSSR count). The predicted molar refractivity (Wildman–Crippen MR) is 78.0 cm³/mol. The highest BCUT2D eigenvalue weighted by Crippen LogP contribution is 2.38. The largest absolute Gasteiger partial charge is 0.417 e. The van der Waals surface area contributed by atoms with E-state index >= 15 is 0 Å². The van der Waals surface area contributed by atoms with Crippen molar-refractivity contribution in [3.05, 3.63) is 34.1 Å². The smallest absolute Gasteiger partial charge is 0.310 e. The van der Waals surface area contributed by atoms with Crippen molar-refractivity contribution in [2.75, 3.05) is 0 Å². The fourth-order valence-corrected chi connectivity index (χ4v) is 2.60. The summed E-state index contributed by atoms with van der Waals surface area (Å²) >= 11 is 8.84. The molecule has 114 valence electrons. The number of alkyl halides is 4. The average Bonchev–Trinajstić information content (AvgIpc) is 2.81. The Morgan fingerprint density at radius 2 is 2.00 bits per heavy atom. The van der Waals surface area contributed by atoms with Crippen LogP contribution < -0.4 is 0 Å². The van der Waals surface area contributed by atoms with Crippen LogP contribution in [-0.2, 0) is 18.6 Å². The van der Waals surface area contributed by atoms with Crippen molar-refractivity contribution in [3.8, 4) is 11.4 Å². The van der Waals surface area contributed by atoms with Gasteiger partial charge in [0.25, 0.3) is 0 Å². The SMILES string of the molecule is CCCn1c(CCl)nnc1-c1ccc(Br)cc1C(F)(F)F. The van der Waals surface area contributed by atoms with Crippen molar-refractivity contribution in [1.29, 1.82) is 0 Å². The van der Waals surface area contributed by atoms with Gasteiger partial charge in [-0.2, -0.15) is 13.2 Å². The number of nitrogens with zero attached hydrogens (tertiary/aromatic N) is 3. The van der Waals surface area contributed by atoms with Crippen LogP contribution in [0.5, 0.6) is 0 Å². The molecule has 0 spiro atoms. The summed E-state index contributed by atoms with van der Waals surface area (Å²) in [4.78, 5) is 0. The molecule has 0 unspecified atom stereocenters. The van der Waals surface area contributed by atoms with Gasteiger partial charge in [0.2, 0.25) is 0 Å². The van der Waals surface area contributed by atoms with E-state index in [0.29, 0.717) is 16.8 Å². The van der Waals surface area contributed by atoms with Crippen molar-refractivity contribution in [2.45, 2.75) is 31.9 Å². The number of benzene rings is 1. The van der Waals surface area contributed by atoms with Gasteiger partial charge in [-0.25, -0.2) is 0 Å². The van der Waals surface area contributed by atoms with E-state index in [1.54, 1.807) is 10.6 Å². The molecule has 21 heavy (non-hydrogen) atoms. The fraction of sp³-hybridized carbons (Fsp3) is 0.385. The third-order valence-corrected chi connectivity index (χ3v) is 3.65. The van der Waals surface area contributed by atoms with Gasteiger partial charge >= 0.3 is 6.18 Å². The highest BCUT2D eigenvalue weighted by Gasteiger charge is 2.35. The summed E-state index contributed by atoms with van der Waals surface area (Å²) in [5.41, 5.74) is -0.745. The average molecular weight is 383 g/mol. The molecule has 0 atom stereocenters. The van der Waals surface area contributed by atoms with E-state index < -0.39 is 11.7 Å². The van der Waals surface area contributed by atoms with E-state index in [2.05, 4.69) is 26.1 Å². The first-order valence-electron chi connectivity index (χ1n) is 6.23. The number of halogens is 5. The normalized spacial score (nSPS) is 11.9. The van der Waals surface area contributed by atoms with E-state index in [9.17, 15) is 13.2 Å². The van der Waals surface area contributed by atoms with Crippen LogP contribution in [0.2, 0.25) is 0 Å². The maximum absolute atomic E-state index is 13.2. The highest BCUT2D eigenvalue weighted by atomic mass is 79.9. The van der Waals surface area contributed by atoms with Crippen LogP contribution in [0.4, 0.5) is 13.2 Å². The maximum atomic E-state index is 13.2. The molecular weight excluding hydrogens is 371 g/mol. The van der Waals surface area contributed by atoms with Gasteiger partial charge in [-0.05, 0) is 24.6 Å². The quantitative estimate of drug-likeness (QED) is 0.706. The second-order valence-corrected chi connectivity index (χ2v) is 5.60. The number of hydrogen-bond acceptors (Lipinski definition) is 2. The Bertz CT molecular complexity index is 640. The molecule has 0 radical (unpaired) electrons. The molecule has 8 heteroatoms. The van der Waals surface area contributed by atoms with E-state index in [1.165, 1.54) is 6.07 Å². The highest BCUT2D eigenvalue weighted by molar-refractivity contribution is 9.10. The van der Waals surface area contributed by atoms with Crippen LogP contribution in [0.3, 0.4) is 0 Å². The van der Waals surface area contributed by atoms with Gasteiger partial charge in [-0.15, -0.1) is 21.8 Å². The molecule has 0 aliphatic carbocycles. The molecule has 0 fully saturated rings. The van der Waals surface area contributed by atoms with Gasteiger partial charge in [0.1, 0.15) is 5.82 Å². The summed E-state index contributed by atoms with van der Waals surface area (Å²) in [6, 6.07) is 3.98. The zero-order valence-corrected chi connectivity index (χ0v) is 13.4. The van der Waals surface area contributed by atoms with Gasteiger partial charge in [-0.3, -0.25) is 0 Å². The molecule has 0 aliphatic heterocycles. The molecule has 1 aromatic heterocycles. The van der Waals surface area contributed by atoms with Gasteiger partial charge < -0.3 is 4.57 Å². The lowest BCUT2D eigenvalue weighted by molar-refractivity contribution is -0.137. The minimum absolute atomic E-state index is 0.00279. The first kappa shape index (κ1) is 16.3. The Balaban J connectivity index is 2.65. The third-order valence-electron chi connectivity index (χ3n) is 2.92. The predicted octanol–water partition coefficient (Wildman–Crippen LogP) is 4.88. The molecule has 0 amide bonds. The van der Waals surface area contributed by atoms with Crippen LogP contribution in [-0.4, -0.2) is 14.8 Å². The monoisotopic (exact) mass is 381 g/mol. The molecule has 1 heterocycles. The summed E-state index contributed by atoms with van der Waals surface area (Å²) < 4.78 is 41.6. The Hall–Kier alpha value is -1.08. The van der Waals surface area contributed by atoms with Gasteiger partial charge in [0.05, 0.1) is 11.4 Å². The van der Waals surface area contributed by atoms with Crippen LogP contribution in [0.1, 0.15) is 24.7 Å². The minimum Gasteiger partial charge on any atom is -0.310 e.